The highest BCUT2D eigenvalue weighted by Crippen LogP contribution is 2.45. The predicted octanol–water partition coefficient (Wildman–Crippen LogP) is 4.67. The van der Waals surface area contributed by atoms with Gasteiger partial charge in [-0.3, -0.25) is 0 Å². The van der Waals surface area contributed by atoms with E-state index in [1.54, 1.807) is 4.88 Å². The number of hydrogen-bond donors (Lipinski definition) is 1. The van der Waals surface area contributed by atoms with E-state index in [1.807, 2.05) is 11.3 Å². The monoisotopic (exact) mass is 306 g/mol. The summed E-state index contributed by atoms with van der Waals surface area (Å²) in [5.74, 6) is 1.65. The molecule has 2 aliphatic carbocycles. The molecule has 118 valence electrons. The number of nitrogens with one attached hydrogen (secondary N) is 1. The standard InChI is InChI=1S/C18H30N2S/c1-4-11-19-18(10-9-13(2)14(3)12-18)17-20-15-7-5-6-8-16(15)21-17/h13-14,19H,4-12H2,1-3H3. The van der Waals surface area contributed by atoms with Crippen LogP contribution in [0.5, 0.6) is 0 Å². The number of thiazole rings is 1. The molecule has 1 aromatic rings. The Morgan fingerprint density at radius 1 is 1.24 bits per heavy atom. The van der Waals surface area contributed by atoms with Crippen LogP contribution in [0.2, 0.25) is 0 Å². The largest absolute Gasteiger partial charge is 0.305 e. The number of rotatable bonds is 4. The Morgan fingerprint density at radius 2 is 2.05 bits per heavy atom. The molecule has 0 saturated heterocycles. The second kappa shape index (κ2) is 6.37. The van der Waals surface area contributed by atoms with Gasteiger partial charge >= 0.3 is 0 Å². The van der Waals surface area contributed by atoms with E-state index < -0.39 is 0 Å². The van der Waals surface area contributed by atoms with Gasteiger partial charge in [0, 0.05) is 4.88 Å². The van der Waals surface area contributed by atoms with Gasteiger partial charge in [0.25, 0.3) is 0 Å². The van der Waals surface area contributed by atoms with Crippen molar-refractivity contribution in [3.63, 3.8) is 0 Å². The molecule has 2 nitrogen and oxygen atoms in total. The molecule has 0 spiro atoms. The van der Waals surface area contributed by atoms with Gasteiger partial charge < -0.3 is 5.32 Å². The first-order valence-electron chi connectivity index (χ1n) is 8.88. The van der Waals surface area contributed by atoms with E-state index in [0.29, 0.717) is 0 Å². The molecule has 3 rings (SSSR count). The molecule has 1 heterocycles. The summed E-state index contributed by atoms with van der Waals surface area (Å²) in [5.41, 5.74) is 1.59. The maximum atomic E-state index is 5.12. The van der Waals surface area contributed by atoms with Gasteiger partial charge in [0.1, 0.15) is 5.01 Å². The summed E-state index contributed by atoms with van der Waals surface area (Å²) in [4.78, 5) is 6.70. The molecular formula is C18H30N2S. The van der Waals surface area contributed by atoms with Crippen LogP contribution >= 0.6 is 11.3 Å². The van der Waals surface area contributed by atoms with Crippen molar-refractivity contribution in [1.82, 2.24) is 10.3 Å². The summed E-state index contributed by atoms with van der Waals surface area (Å²) in [7, 11) is 0. The average molecular weight is 307 g/mol. The van der Waals surface area contributed by atoms with E-state index in [9.17, 15) is 0 Å². The minimum absolute atomic E-state index is 0.171. The fourth-order valence-electron chi connectivity index (χ4n) is 3.96. The Bertz CT molecular complexity index is 454. The Balaban J connectivity index is 1.89. The van der Waals surface area contributed by atoms with Crippen LogP contribution in [0.25, 0.3) is 0 Å². The van der Waals surface area contributed by atoms with Crippen LogP contribution in [0.1, 0.15) is 74.9 Å². The summed E-state index contributed by atoms with van der Waals surface area (Å²) >= 11 is 2.02. The van der Waals surface area contributed by atoms with Crippen molar-refractivity contribution in [2.45, 2.75) is 77.7 Å². The number of aromatic nitrogens is 1. The molecule has 3 heteroatoms. The highest BCUT2D eigenvalue weighted by atomic mass is 32.1. The van der Waals surface area contributed by atoms with Gasteiger partial charge in [0.15, 0.2) is 0 Å². The molecule has 2 aliphatic rings. The molecule has 1 fully saturated rings. The van der Waals surface area contributed by atoms with Gasteiger partial charge in [0.2, 0.25) is 0 Å². The van der Waals surface area contributed by atoms with E-state index in [4.69, 9.17) is 4.98 Å². The van der Waals surface area contributed by atoms with E-state index in [-0.39, 0.29) is 5.54 Å². The maximum absolute atomic E-state index is 5.12. The Hall–Kier alpha value is -0.410. The Kier molecular flexibility index (Phi) is 4.70. The van der Waals surface area contributed by atoms with Crippen LogP contribution in [0.3, 0.4) is 0 Å². The Morgan fingerprint density at radius 3 is 2.76 bits per heavy atom. The minimum Gasteiger partial charge on any atom is -0.305 e. The second-order valence-corrected chi connectivity index (χ2v) is 8.39. The third-order valence-corrected chi connectivity index (χ3v) is 7.00. The zero-order valence-corrected chi connectivity index (χ0v) is 14.7. The molecule has 0 aliphatic heterocycles. The van der Waals surface area contributed by atoms with E-state index in [0.717, 1.165) is 18.4 Å². The van der Waals surface area contributed by atoms with Gasteiger partial charge in [-0.1, -0.05) is 20.8 Å². The van der Waals surface area contributed by atoms with Crippen molar-refractivity contribution in [1.29, 1.82) is 0 Å². The topological polar surface area (TPSA) is 24.9 Å². The summed E-state index contributed by atoms with van der Waals surface area (Å²) in [6.07, 6.45) is 10.2. The predicted molar refractivity (Wildman–Crippen MR) is 90.9 cm³/mol. The van der Waals surface area contributed by atoms with Crippen LogP contribution in [0.15, 0.2) is 0 Å². The summed E-state index contributed by atoms with van der Waals surface area (Å²) < 4.78 is 0. The molecule has 0 amide bonds. The highest BCUT2D eigenvalue weighted by molar-refractivity contribution is 7.11. The van der Waals surface area contributed by atoms with Crippen LogP contribution in [-0.2, 0) is 18.4 Å². The van der Waals surface area contributed by atoms with E-state index in [2.05, 4.69) is 26.1 Å². The number of nitrogens with zero attached hydrogens (tertiary/aromatic N) is 1. The quantitative estimate of drug-likeness (QED) is 0.874. The lowest BCUT2D eigenvalue weighted by atomic mass is 9.71. The van der Waals surface area contributed by atoms with Crippen molar-refractivity contribution in [3.05, 3.63) is 15.6 Å². The molecule has 3 atom stereocenters. The molecule has 0 radical (unpaired) electrons. The molecule has 21 heavy (non-hydrogen) atoms. The molecule has 3 unspecified atom stereocenters. The van der Waals surface area contributed by atoms with Gasteiger partial charge in [-0.2, -0.15) is 0 Å². The van der Waals surface area contributed by atoms with Gasteiger partial charge in [-0.25, -0.2) is 4.98 Å². The molecule has 1 saturated carbocycles. The summed E-state index contributed by atoms with van der Waals surface area (Å²) in [5, 5.41) is 5.31. The zero-order chi connectivity index (χ0) is 14.9. The van der Waals surface area contributed by atoms with Crippen LogP contribution in [0.4, 0.5) is 0 Å². The van der Waals surface area contributed by atoms with Gasteiger partial charge in [0.05, 0.1) is 11.2 Å². The van der Waals surface area contributed by atoms with Crippen molar-refractivity contribution in [2.24, 2.45) is 11.8 Å². The first kappa shape index (κ1) is 15.5. The molecule has 1 N–H and O–H groups in total. The fraction of sp³-hybridized carbons (Fsp3) is 0.833. The maximum Gasteiger partial charge on any atom is 0.113 e. The van der Waals surface area contributed by atoms with Gasteiger partial charge in [-0.05, 0) is 69.7 Å². The normalized spacial score (nSPS) is 32.9. The molecule has 0 aromatic carbocycles. The SMILES string of the molecule is CCCNC1(c2nc3c(s2)CCCC3)CCC(C)C(C)C1. The first-order valence-corrected chi connectivity index (χ1v) is 9.70. The van der Waals surface area contributed by atoms with Crippen LogP contribution < -0.4 is 5.32 Å². The lowest BCUT2D eigenvalue weighted by molar-refractivity contribution is 0.140. The molecule has 0 bridgehead atoms. The lowest BCUT2D eigenvalue weighted by Crippen LogP contribution is -2.47. The van der Waals surface area contributed by atoms with E-state index >= 15 is 0 Å². The summed E-state index contributed by atoms with van der Waals surface area (Å²) in [6, 6.07) is 0. The third-order valence-electron chi connectivity index (χ3n) is 5.64. The van der Waals surface area contributed by atoms with Crippen molar-refractivity contribution < 1.29 is 0 Å². The Labute approximate surface area is 133 Å². The minimum atomic E-state index is 0.171. The molecule has 1 aromatic heterocycles. The van der Waals surface area contributed by atoms with Gasteiger partial charge in [-0.15, -0.1) is 11.3 Å². The van der Waals surface area contributed by atoms with Crippen molar-refractivity contribution in [3.8, 4) is 0 Å². The van der Waals surface area contributed by atoms with Crippen molar-refractivity contribution >= 4 is 11.3 Å². The fourth-order valence-corrected chi connectivity index (χ4v) is 5.32. The third kappa shape index (κ3) is 3.05. The zero-order valence-electron chi connectivity index (χ0n) is 13.9. The summed E-state index contributed by atoms with van der Waals surface area (Å²) in [6.45, 7) is 8.23. The molecular weight excluding hydrogens is 276 g/mol. The average Bonchev–Trinajstić information content (AvgIpc) is 2.93. The highest BCUT2D eigenvalue weighted by Gasteiger charge is 2.41. The number of hydrogen-bond acceptors (Lipinski definition) is 3. The second-order valence-electron chi connectivity index (χ2n) is 7.30. The smallest absolute Gasteiger partial charge is 0.113 e. The number of fused-ring (bicyclic) bond motifs is 1. The lowest BCUT2D eigenvalue weighted by Gasteiger charge is -2.42. The van der Waals surface area contributed by atoms with Crippen molar-refractivity contribution in [2.75, 3.05) is 6.54 Å². The van der Waals surface area contributed by atoms with E-state index in [1.165, 1.54) is 62.1 Å². The van der Waals surface area contributed by atoms with Crippen LogP contribution in [0, 0.1) is 11.8 Å². The first-order chi connectivity index (χ1) is 10.1. The number of aryl methyl sites for hydroxylation is 2. The van der Waals surface area contributed by atoms with Crippen LogP contribution in [-0.4, -0.2) is 11.5 Å².